The van der Waals surface area contributed by atoms with Gasteiger partial charge in [-0.15, -0.1) is 12.4 Å². The Bertz CT molecular complexity index is 1350. The first-order valence-electron chi connectivity index (χ1n) is 11.2. The molecule has 0 saturated heterocycles. The maximum atomic E-state index is 14.0. The van der Waals surface area contributed by atoms with E-state index in [1.807, 2.05) is 19.0 Å². The van der Waals surface area contributed by atoms with Crippen molar-refractivity contribution in [3.05, 3.63) is 95.1 Å². The number of carbonyl (C=O) groups excluding carboxylic acids is 1. The molecule has 10 heteroatoms. The van der Waals surface area contributed by atoms with Gasteiger partial charge in [-0.3, -0.25) is 9.78 Å². The van der Waals surface area contributed by atoms with Crippen molar-refractivity contribution < 1.29 is 18.0 Å². The fourth-order valence-electron chi connectivity index (χ4n) is 3.83. The Morgan fingerprint density at radius 1 is 0.973 bits per heavy atom. The van der Waals surface area contributed by atoms with Gasteiger partial charge in [0.25, 0.3) is 5.91 Å². The Balaban J connectivity index is 0.00000380. The van der Waals surface area contributed by atoms with Crippen LogP contribution in [0.5, 0.6) is 0 Å². The molecule has 4 aromatic rings. The van der Waals surface area contributed by atoms with Crippen LogP contribution in [-0.2, 0) is 6.18 Å². The lowest BCUT2D eigenvalue weighted by atomic mass is 10.1. The van der Waals surface area contributed by atoms with E-state index in [2.05, 4.69) is 10.3 Å². The molecule has 0 fully saturated rings. The topological polar surface area (TPSA) is 50.2 Å². The van der Waals surface area contributed by atoms with Gasteiger partial charge in [0.05, 0.1) is 33.9 Å². The molecule has 0 aliphatic rings. The molecule has 0 spiro atoms. The largest absolute Gasteiger partial charge is 0.418 e. The van der Waals surface area contributed by atoms with Gasteiger partial charge in [-0.1, -0.05) is 35.9 Å². The van der Waals surface area contributed by atoms with Crippen LogP contribution in [0, 0.1) is 0 Å². The summed E-state index contributed by atoms with van der Waals surface area (Å²) in [6.45, 7) is 1.17. The molecule has 0 bridgehead atoms. The Labute approximate surface area is 224 Å². The van der Waals surface area contributed by atoms with Gasteiger partial charge >= 0.3 is 6.18 Å². The van der Waals surface area contributed by atoms with Gasteiger partial charge in [0.15, 0.2) is 0 Å². The second-order valence-electron chi connectivity index (χ2n) is 8.45. The van der Waals surface area contributed by atoms with E-state index in [-0.39, 0.29) is 24.0 Å². The number of likely N-dealkylation sites (N-methyl/N-ethyl adjacent to an activating group) is 1. The van der Waals surface area contributed by atoms with Crippen molar-refractivity contribution in [2.45, 2.75) is 6.18 Å². The quantitative estimate of drug-likeness (QED) is 0.283. The molecule has 2 heterocycles. The van der Waals surface area contributed by atoms with Gasteiger partial charge in [-0.05, 0) is 68.2 Å². The Morgan fingerprint density at radius 2 is 1.65 bits per heavy atom. The molecular weight excluding hydrogens is 524 g/mol. The molecule has 1 N–H and O–H groups in total. The summed E-state index contributed by atoms with van der Waals surface area (Å²) in [6.07, 6.45) is -3.13. The summed E-state index contributed by atoms with van der Waals surface area (Å²) < 4.78 is 43.4. The number of hydrogen-bond donors (Lipinski definition) is 1. The standard InChI is InChI=1S/C27H24ClF3N4O.ClH/c1-34(2)16-15-32-26(36)19-9-12-22(33-17-19)25-14-13-23(18-7-10-20(28)11-8-18)35(25)24-6-4-3-5-21(24)27(29,30)31;/h3-14,17H,15-16H2,1-2H3,(H,32,36);1H. The maximum Gasteiger partial charge on any atom is 0.418 e. The Morgan fingerprint density at radius 3 is 2.27 bits per heavy atom. The van der Waals surface area contributed by atoms with Gasteiger partial charge in [0.2, 0.25) is 0 Å². The number of benzene rings is 2. The minimum absolute atomic E-state index is 0. The third-order valence-corrected chi connectivity index (χ3v) is 5.86. The highest BCUT2D eigenvalue weighted by Crippen LogP contribution is 2.39. The summed E-state index contributed by atoms with van der Waals surface area (Å²) in [4.78, 5) is 18.8. The zero-order chi connectivity index (χ0) is 25.9. The van der Waals surface area contributed by atoms with E-state index in [0.717, 1.165) is 6.07 Å². The number of aromatic nitrogens is 2. The first-order chi connectivity index (χ1) is 17.1. The lowest BCUT2D eigenvalue weighted by Gasteiger charge is -2.19. The molecule has 0 unspecified atom stereocenters. The average Bonchev–Trinajstić information content (AvgIpc) is 3.29. The molecule has 0 aliphatic carbocycles. The summed E-state index contributed by atoms with van der Waals surface area (Å²) >= 11 is 6.03. The van der Waals surface area contributed by atoms with Gasteiger partial charge in [-0.25, -0.2) is 0 Å². The molecule has 0 aliphatic heterocycles. The maximum absolute atomic E-state index is 14.0. The third kappa shape index (κ3) is 6.52. The van der Waals surface area contributed by atoms with Gasteiger partial charge in [-0.2, -0.15) is 13.2 Å². The zero-order valence-corrected chi connectivity index (χ0v) is 21.7. The van der Waals surface area contributed by atoms with Crippen LogP contribution in [0.2, 0.25) is 5.02 Å². The summed E-state index contributed by atoms with van der Waals surface area (Å²) in [5.41, 5.74) is 1.69. The van der Waals surface area contributed by atoms with Crippen molar-refractivity contribution in [3.63, 3.8) is 0 Å². The lowest BCUT2D eigenvalue weighted by molar-refractivity contribution is -0.137. The van der Waals surface area contributed by atoms with Crippen molar-refractivity contribution in [1.82, 2.24) is 19.8 Å². The number of para-hydroxylation sites is 1. The highest BCUT2D eigenvalue weighted by Gasteiger charge is 2.34. The van der Waals surface area contributed by atoms with E-state index in [1.54, 1.807) is 54.6 Å². The van der Waals surface area contributed by atoms with Crippen molar-refractivity contribution in [2.24, 2.45) is 0 Å². The highest BCUT2D eigenvalue weighted by molar-refractivity contribution is 6.30. The van der Waals surface area contributed by atoms with E-state index < -0.39 is 11.7 Å². The molecule has 0 radical (unpaired) electrons. The van der Waals surface area contributed by atoms with Crippen LogP contribution in [0.1, 0.15) is 15.9 Å². The molecule has 2 aromatic carbocycles. The molecule has 5 nitrogen and oxygen atoms in total. The Hall–Kier alpha value is -3.33. The Kier molecular flexibility index (Phi) is 9.02. The molecule has 1 amide bonds. The fraction of sp³-hybridized carbons (Fsp3) is 0.185. The van der Waals surface area contributed by atoms with Crippen LogP contribution in [-0.4, -0.2) is 47.5 Å². The number of nitrogens with zero attached hydrogens (tertiary/aromatic N) is 3. The third-order valence-electron chi connectivity index (χ3n) is 5.60. The van der Waals surface area contributed by atoms with Crippen molar-refractivity contribution in [3.8, 4) is 28.3 Å². The first kappa shape index (κ1) is 28.2. The second kappa shape index (κ2) is 11.8. The smallest absolute Gasteiger partial charge is 0.351 e. The predicted octanol–water partition coefficient (Wildman–Crippen LogP) is 6.59. The van der Waals surface area contributed by atoms with E-state index in [0.29, 0.717) is 46.3 Å². The number of alkyl halides is 3. The molecule has 37 heavy (non-hydrogen) atoms. The van der Waals surface area contributed by atoms with Gasteiger partial charge < -0.3 is 14.8 Å². The summed E-state index contributed by atoms with van der Waals surface area (Å²) in [6, 6.07) is 19.0. The minimum atomic E-state index is -4.56. The molecule has 2 aromatic heterocycles. The van der Waals surface area contributed by atoms with E-state index in [4.69, 9.17) is 11.6 Å². The highest BCUT2D eigenvalue weighted by atomic mass is 35.5. The normalized spacial score (nSPS) is 11.3. The molecular formula is C27H25Cl2F3N4O. The van der Waals surface area contributed by atoms with Crippen LogP contribution < -0.4 is 5.32 Å². The van der Waals surface area contributed by atoms with E-state index >= 15 is 0 Å². The van der Waals surface area contributed by atoms with Crippen molar-refractivity contribution >= 4 is 29.9 Å². The summed E-state index contributed by atoms with van der Waals surface area (Å²) in [7, 11) is 3.82. The first-order valence-corrected chi connectivity index (χ1v) is 11.6. The number of nitrogens with one attached hydrogen (secondary N) is 1. The van der Waals surface area contributed by atoms with Gasteiger partial charge in [0, 0.05) is 24.3 Å². The van der Waals surface area contributed by atoms with Crippen LogP contribution in [0.25, 0.3) is 28.3 Å². The van der Waals surface area contributed by atoms with Crippen molar-refractivity contribution in [1.29, 1.82) is 0 Å². The predicted molar refractivity (Wildman–Crippen MR) is 143 cm³/mol. The monoisotopic (exact) mass is 548 g/mol. The zero-order valence-electron chi connectivity index (χ0n) is 20.1. The van der Waals surface area contributed by atoms with Crippen LogP contribution >= 0.6 is 24.0 Å². The number of hydrogen-bond acceptors (Lipinski definition) is 3. The molecule has 0 atom stereocenters. The molecule has 4 rings (SSSR count). The number of amides is 1. The fourth-order valence-corrected chi connectivity index (χ4v) is 3.95. The average molecular weight is 549 g/mol. The SMILES string of the molecule is CN(C)CCNC(=O)c1ccc(-c2ccc(-c3ccc(Cl)cc3)n2-c2ccccc2C(F)(F)F)nc1.Cl. The van der Waals surface area contributed by atoms with E-state index in [9.17, 15) is 18.0 Å². The number of carbonyl (C=O) groups is 1. The van der Waals surface area contributed by atoms with Crippen LogP contribution in [0.4, 0.5) is 13.2 Å². The minimum Gasteiger partial charge on any atom is -0.351 e. The van der Waals surface area contributed by atoms with Crippen molar-refractivity contribution in [2.75, 3.05) is 27.2 Å². The lowest BCUT2D eigenvalue weighted by Crippen LogP contribution is -2.31. The molecule has 194 valence electrons. The second-order valence-corrected chi connectivity index (χ2v) is 8.89. The number of halogens is 5. The number of rotatable bonds is 7. The summed E-state index contributed by atoms with van der Waals surface area (Å²) in [5.74, 6) is -0.268. The summed E-state index contributed by atoms with van der Waals surface area (Å²) in [5, 5.41) is 3.34. The van der Waals surface area contributed by atoms with Gasteiger partial charge in [0.1, 0.15) is 0 Å². The van der Waals surface area contributed by atoms with Crippen LogP contribution in [0.15, 0.2) is 79.0 Å². The molecule has 0 saturated carbocycles. The van der Waals surface area contributed by atoms with Crippen LogP contribution in [0.3, 0.4) is 0 Å². The van der Waals surface area contributed by atoms with E-state index in [1.165, 1.54) is 22.9 Å². The number of pyridine rings is 1.